The number of alkyl halides is 1. The van der Waals surface area contributed by atoms with E-state index in [9.17, 15) is 0 Å². The van der Waals surface area contributed by atoms with Gasteiger partial charge in [-0.25, -0.2) is 4.98 Å². The van der Waals surface area contributed by atoms with Crippen LogP contribution in [0.5, 0.6) is 0 Å². The van der Waals surface area contributed by atoms with E-state index in [0.717, 1.165) is 29.8 Å². The SMILES string of the molecule is Cc1cccc2c1nc(CCl)n2CCc1cnn(C)c1. The van der Waals surface area contributed by atoms with Gasteiger partial charge in [-0.1, -0.05) is 12.1 Å². The predicted molar refractivity (Wildman–Crippen MR) is 80.9 cm³/mol. The summed E-state index contributed by atoms with van der Waals surface area (Å²) in [6.45, 7) is 2.95. The number of halogens is 1. The highest BCUT2D eigenvalue weighted by molar-refractivity contribution is 6.16. The van der Waals surface area contributed by atoms with E-state index in [4.69, 9.17) is 11.6 Å². The maximum absolute atomic E-state index is 6.04. The van der Waals surface area contributed by atoms with Crippen molar-refractivity contribution in [2.45, 2.75) is 25.8 Å². The van der Waals surface area contributed by atoms with Crippen molar-refractivity contribution in [2.75, 3.05) is 0 Å². The minimum Gasteiger partial charge on any atom is -0.327 e. The third-order valence-electron chi connectivity index (χ3n) is 3.56. The fourth-order valence-electron chi connectivity index (χ4n) is 2.53. The second-order valence-electron chi connectivity index (χ2n) is 5.03. The Morgan fingerprint density at radius 3 is 2.85 bits per heavy atom. The fourth-order valence-corrected chi connectivity index (χ4v) is 2.73. The van der Waals surface area contributed by atoms with Gasteiger partial charge in [0.15, 0.2) is 0 Å². The maximum atomic E-state index is 6.04. The number of benzene rings is 1. The first-order chi connectivity index (χ1) is 9.69. The van der Waals surface area contributed by atoms with Crippen LogP contribution in [0.1, 0.15) is 17.0 Å². The van der Waals surface area contributed by atoms with Gasteiger partial charge in [-0.15, -0.1) is 11.6 Å². The highest BCUT2D eigenvalue weighted by Gasteiger charge is 2.11. The summed E-state index contributed by atoms with van der Waals surface area (Å²) in [6.07, 6.45) is 4.88. The van der Waals surface area contributed by atoms with Gasteiger partial charge >= 0.3 is 0 Å². The number of fused-ring (bicyclic) bond motifs is 1. The number of hydrogen-bond acceptors (Lipinski definition) is 2. The standard InChI is InChI=1S/C15H17ClN4/c1-11-4-3-5-13-15(11)18-14(8-16)20(13)7-6-12-9-17-19(2)10-12/h3-5,9-10H,6-8H2,1-2H3. The average molecular weight is 289 g/mol. The van der Waals surface area contributed by atoms with Gasteiger partial charge in [-0.2, -0.15) is 5.10 Å². The number of hydrogen-bond donors (Lipinski definition) is 0. The van der Waals surface area contributed by atoms with E-state index in [1.807, 2.05) is 24.1 Å². The number of aryl methyl sites for hydroxylation is 4. The zero-order valence-electron chi connectivity index (χ0n) is 11.7. The topological polar surface area (TPSA) is 35.6 Å². The maximum Gasteiger partial charge on any atom is 0.124 e. The molecule has 20 heavy (non-hydrogen) atoms. The largest absolute Gasteiger partial charge is 0.327 e. The van der Waals surface area contributed by atoms with Gasteiger partial charge in [0.2, 0.25) is 0 Å². The molecule has 4 nitrogen and oxygen atoms in total. The minimum atomic E-state index is 0.432. The average Bonchev–Trinajstić information content (AvgIpc) is 3.01. The Morgan fingerprint density at radius 2 is 2.15 bits per heavy atom. The first kappa shape index (κ1) is 13.2. The van der Waals surface area contributed by atoms with Crippen molar-refractivity contribution in [1.82, 2.24) is 19.3 Å². The molecule has 0 unspecified atom stereocenters. The lowest BCUT2D eigenvalue weighted by atomic mass is 10.2. The molecule has 0 N–H and O–H groups in total. The first-order valence-corrected chi connectivity index (χ1v) is 7.20. The van der Waals surface area contributed by atoms with Crippen LogP contribution in [0.4, 0.5) is 0 Å². The lowest BCUT2D eigenvalue weighted by Crippen LogP contribution is -2.04. The molecule has 0 fully saturated rings. The van der Waals surface area contributed by atoms with Crippen LogP contribution in [0.3, 0.4) is 0 Å². The summed E-state index contributed by atoms with van der Waals surface area (Å²) in [7, 11) is 1.93. The molecule has 0 saturated heterocycles. The summed E-state index contributed by atoms with van der Waals surface area (Å²) in [5.74, 6) is 1.36. The monoisotopic (exact) mass is 288 g/mol. The molecule has 0 radical (unpaired) electrons. The summed E-state index contributed by atoms with van der Waals surface area (Å²) in [4.78, 5) is 4.66. The molecule has 3 aromatic rings. The zero-order chi connectivity index (χ0) is 14.1. The molecule has 0 aliphatic rings. The third-order valence-corrected chi connectivity index (χ3v) is 3.80. The van der Waals surface area contributed by atoms with Crippen LogP contribution in [-0.2, 0) is 25.9 Å². The van der Waals surface area contributed by atoms with Gasteiger partial charge in [-0.05, 0) is 30.5 Å². The second-order valence-corrected chi connectivity index (χ2v) is 5.30. The lowest BCUT2D eigenvalue weighted by molar-refractivity contribution is 0.687. The molecule has 0 saturated carbocycles. The molecule has 0 amide bonds. The Balaban J connectivity index is 1.95. The Labute approximate surface area is 123 Å². The van der Waals surface area contributed by atoms with E-state index in [1.54, 1.807) is 0 Å². The highest BCUT2D eigenvalue weighted by atomic mass is 35.5. The predicted octanol–water partition coefficient (Wildman–Crippen LogP) is 3.06. The molecule has 0 aliphatic heterocycles. The summed E-state index contributed by atoms with van der Waals surface area (Å²) in [6, 6.07) is 6.26. The number of rotatable bonds is 4. The van der Waals surface area contributed by atoms with Gasteiger partial charge < -0.3 is 4.57 Å². The summed E-state index contributed by atoms with van der Waals surface area (Å²) in [5.41, 5.74) is 4.62. The van der Waals surface area contributed by atoms with E-state index in [-0.39, 0.29) is 0 Å². The van der Waals surface area contributed by atoms with Crippen LogP contribution in [0.25, 0.3) is 11.0 Å². The van der Waals surface area contributed by atoms with Crippen LogP contribution in [0, 0.1) is 6.92 Å². The van der Waals surface area contributed by atoms with Crippen molar-refractivity contribution in [2.24, 2.45) is 7.05 Å². The third kappa shape index (κ3) is 2.31. The van der Waals surface area contributed by atoms with Crippen LogP contribution in [0.2, 0.25) is 0 Å². The van der Waals surface area contributed by atoms with Gasteiger partial charge in [0.25, 0.3) is 0 Å². The Kier molecular flexibility index (Phi) is 3.49. The second kappa shape index (κ2) is 5.29. The zero-order valence-corrected chi connectivity index (χ0v) is 12.4. The van der Waals surface area contributed by atoms with Crippen LogP contribution < -0.4 is 0 Å². The smallest absolute Gasteiger partial charge is 0.124 e. The summed E-state index contributed by atoms with van der Waals surface area (Å²) < 4.78 is 4.04. The normalized spacial score (nSPS) is 11.3. The molecule has 3 rings (SSSR count). The summed E-state index contributed by atoms with van der Waals surface area (Å²) in [5, 5.41) is 4.20. The number of nitrogens with zero attached hydrogens (tertiary/aromatic N) is 4. The molecule has 1 aromatic carbocycles. The van der Waals surface area contributed by atoms with Crippen LogP contribution >= 0.6 is 11.6 Å². The van der Waals surface area contributed by atoms with Crippen molar-refractivity contribution < 1.29 is 0 Å². The fraction of sp³-hybridized carbons (Fsp3) is 0.333. The van der Waals surface area contributed by atoms with Crippen LogP contribution in [-0.4, -0.2) is 19.3 Å². The number of imidazole rings is 1. The molecule has 0 atom stereocenters. The minimum absolute atomic E-state index is 0.432. The van der Waals surface area contributed by atoms with E-state index in [1.165, 1.54) is 11.1 Å². The Morgan fingerprint density at radius 1 is 1.30 bits per heavy atom. The highest BCUT2D eigenvalue weighted by Crippen LogP contribution is 2.21. The molecular formula is C15H17ClN4. The lowest BCUT2D eigenvalue weighted by Gasteiger charge is -2.06. The van der Waals surface area contributed by atoms with Crippen molar-refractivity contribution in [3.05, 3.63) is 47.5 Å². The van der Waals surface area contributed by atoms with Crippen molar-refractivity contribution >= 4 is 22.6 Å². The van der Waals surface area contributed by atoms with Crippen LogP contribution in [0.15, 0.2) is 30.6 Å². The van der Waals surface area contributed by atoms with Gasteiger partial charge in [0.05, 0.1) is 23.1 Å². The van der Waals surface area contributed by atoms with E-state index in [0.29, 0.717) is 5.88 Å². The molecule has 2 heterocycles. The van der Waals surface area contributed by atoms with E-state index < -0.39 is 0 Å². The molecular weight excluding hydrogens is 272 g/mol. The van der Waals surface area contributed by atoms with Crippen molar-refractivity contribution in [3.63, 3.8) is 0 Å². The molecule has 0 bridgehead atoms. The quantitative estimate of drug-likeness (QED) is 0.692. The first-order valence-electron chi connectivity index (χ1n) is 6.67. The molecule has 0 spiro atoms. The van der Waals surface area contributed by atoms with Crippen molar-refractivity contribution in [3.8, 4) is 0 Å². The summed E-state index contributed by atoms with van der Waals surface area (Å²) >= 11 is 6.04. The number of aromatic nitrogens is 4. The number of para-hydroxylation sites is 1. The Hall–Kier alpha value is -1.81. The van der Waals surface area contributed by atoms with Gasteiger partial charge in [0.1, 0.15) is 5.82 Å². The molecule has 104 valence electrons. The van der Waals surface area contributed by atoms with Crippen molar-refractivity contribution in [1.29, 1.82) is 0 Å². The molecule has 0 aliphatic carbocycles. The van der Waals surface area contributed by atoms with E-state index >= 15 is 0 Å². The van der Waals surface area contributed by atoms with Gasteiger partial charge in [-0.3, -0.25) is 4.68 Å². The van der Waals surface area contributed by atoms with E-state index in [2.05, 4.69) is 39.8 Å². The molecule has 5 heteroatoms. The Bertz CT molecular complexity index is 741. The van der Waals surface area contributed by atoms with Gasteiger partial charge in [0, 0.05) is 19.8 Å². The molecule has 2 aromatic heterocycles.